The first-order chi connectivity index (χ1) is 16.4. The molecule has 2 aromatic rings. The molecule has 10 nitrogen and oxygen atoms in total. The summed E-state index contributed by atoms with van der Waals surface area (Å²) in [6.07, 6.45) is 2.87. The first-order valence-electron chi connectivity index (χ1n) is 11.7. The molecule has 1 aromatic carbocycles. The number of nitrogens with one attached hydrogen (secondary N) is 2. The molecule has 3 aliphatic rings. The molecule has 0 spiro atoms. The predicted molar refractivity (Wildman–Crippen MR) is 128 cm³/mol. The van der Waals surface area contributed by atoms with E-state index >= 15 is 0 Å². The smallest absolute Gasteiger partial charge is 0.265 e. The summed E-state index contributed by atoms with van der Waals surface area (Å²) in [5, 5.41) is 28.4. The monoisotopic (exact) mass is 466 g/mol. The maximum atomic E-state index is 13.1. The molecule has 0 bridgehead atoms. The largest absolute Gasteiger partial charge is 0.508 e. The molecule has 1 amide bonds. The van der Waals surface area contributed by atoms with Gasteiger partial charge < -0.3 is 25.2 Å². The van der Waals surface area contributed by atoms with E-state index in [-0.39, 0.29) is 29.4 Å². The lowest BCUT2D eigenvalue weighted by Gasteiger charge is -2.29. The summed E-state index contributed by atoms with van der Waals surface area (Å²) in [5.74, 6) is 0.970. The third-order valence-electron chi connectivity index (χ3n) is 6.30. The minimum Gasteiger partial charge on any atom is -0.508 e. The summed E-state index contributed by atoms with van der Waals surface area (Å²) in [5.41, 5.74) is 4.70. The molecule has 0 radical (unpaired) electrons. The molecule has 4 N–H and O–H groups in total. The van der Waals surface area contributed by atoms with Crippen LogP contribution in [0.1, 0.15) is 43.7 Å². The lowest BCUT2D eigenvalue weighted by atomic mass is 9.98. The number of hydrogen-bond acceptors (Lipinski definition) is 9. The number of carbonyl (C=O) groups is 1. The highest BCUT2D eigenvalue weighted by atomic mass is 16.5. The van der Waals surface area contributed by atoms with Gasteiger partial charge in [-0.05, 0) is 42.5 Å². The van der Waals surface area contributed by atoms with Gasteiger partial charge in [0.25, 0.3) is 5.91 Å². The molecule has 1 saturated carbocycles. The SMILES string of the molecule is CC(C)c1cc(C2=NNC(C(=O)NC3CC3)N2c2ccc(N3CCOCC3)nc2)c(O)cc1O. The number of aromatic nitrogens is 1. The molecule has 10 heteroatoms. The average Bonchev–Trinajstić information content (AvgIpc) is 3.54. The van der Waals surface area contributed by atoms with Gasteiger partial charge in [0.2, 0.25) is 6.17 Å². The van der Waals surface area contributed by atoms with E-state index < -0.39 is 6.17 Å². The van der Waals surface area contributed by atoms with Crippen molar-refractivity contribution in [3.63, 3.8) is 0 Å². The second kappa shape index (κ2) is 9.02. The predicted octanol–water partition coefficient (Wildman–Crippen LogP) is 1.83. The number of hydrogen-bond donors (Lipinski definition) is 4. The van der Waals surface area contributed by atoms with Crippen molar-refractivity contribution >= 4 is 23.2 Å². The van der Waals surface area contributed by atoms with Crippen LogP contribution < -0.4 is 20.5 Å². The molecular formula is C24H30N6O4. The van der Waals surface area contributed by atoms with Crippen LogP contribution >= 0.6 is 0 Å². The summed E-state index contributed by atoms with van der Waals surface area (Å²) >= 11 is 0. The number of pyridine rings is 1. The van der Waals surface area contributed by atoms with Crippen molar-refractivity contribution in [2.24, 2.45) is 5.10 Å². The Bertz CT molecular complexity index is 1090. The summed E-state index contributed by atoms with van der Waals surface area (Å²) in [7, 11) is 0. The molecule has 1 unspecified atom stereocenters. The fourth-order valence-electron chi connectivity index (χ4n) is 4.24. The quantitative estimate of drug-likeness (QED) is 0.509. The fourth-order valence-corrected chi connectivity index (χ4v) is 4.24. The van der Waals surface area contributed by atoms with Crippen molar-refractivity contribution in [3.8, 4) is 11.5 Å². The second-order valence-corrected chi connectivity index (χ2v) is 9.18. The molecule has 1 saturated heterocycles. The number of phenols is 2. The molecule has 1 aromatic heterocycles. The maximum Gasteiger partial charge on any atom is 0.265 e. The lowest BCUT2D eigenvalue weighted by Crippen LogP contribution is -2.52. The zero-order valence-corrected chi connectivity index (χ0v) is 19.4. The van der Waals surface area contributed by atoms with Crippen molar-refractivity contribution in [3.05, 3.63) is 41.6 Å². The zero-order valence-electron chi connectivity index (χ0n) is 19.4. The van der Waals surface area contributed by atoms with Crippen molar-refractivity contribution in [1.82, 2.24) is 15.7 Å². The number of phenolic OH excluding ortho intramolecular Hbond substituents is 2. The Morgan fingerprint density at radius 1 is 1.18 bits per heavy atom. The Morgan fingerprint density at radius 2 is 1.94 bits per heavy atom. The number of amides is 1. The van der Waals surface area contributed by atoms with Crippen LogP contribution in [0.5, 0.6) is 11.5 Å². The van der Waals surface area contributed by atoms with E-state index in [9.17, 15) is 15.0 Å². The van der Waals surface area contributed by atoms with Gasteiger partial charge in [-0.2, -0.15) is 5.10 Å². The van der Waals surface area contributed by atoms with Gasteiger partial charge in [0, 0.05) is 25.2 Å². The van der Waals surface area contributed by atoms with E-state index in [0.29, 0.717) is 35.9 Å². The Labute approximate surface area is 198 Å². The van der Waals surface area contributed by atoms with E-state index in [4.69, 9.17) is 4.74 Å². The second-order valence-electron chi connectivity index (χ2n) is 9.18. The Balaban J connectivity index is 1.50. The molecule has 1 atom stereocenters. The number of ether oxygens (including phenoxy) is 1. The van der Waals surface area contributed by atoms with Crippen LogP contribution in [-0.2, 0) is 9.53 Å². The van der Waals surface area contributed by atoms with Gasteiger partial charge in [-0.3, -0.25) is 15.1 Å². The highest BCUT2D eigenvalue weighted by Gasteiger charge is 2.38. The number of anilines is 2. The van der Waals surface area contributed by atoms with Crippen LogP contribution in [0.3, 0.4) is 0 Å². The molecule has 2 fully saturated rings. The summed E-state index contributed by atoms with van der Waals surface area (Å²) in [4.78, 5) is 21.6. The van der Waals surface area contributed by atoms with E-state index in [0.717, 1.165) is 31.7 Å². The van der Waals surface area contributed by atoms with Crippen LogP contribution in [0, 0.1) is 0 Å². The Morgan fingerprint density at radius 3 is 2.59 bits per heavy atom. The van der Waals surface area contributed by atoms with E-state index in [1.54, 1.807) is 17.2 Å². The van der Waals surface area contributed by atoms with Crippen molar-refractivity contribution in [2.75, 3.05) is 36.1 Å². The van der Waals surface area contributed by atoms with Crippen LogP contribution in [0.4, 0.5) is 11.5 Å². The standard InChI is InChI=1S/C24H30N6O4/c1-14(2)17-11-18(20(32)12-19(17)31)22-27-28-23(24(33)26-15-3-4-15)30(22)16-5-6-21(25-13-16)29-7-9-34-10-8-29/h5-6,11-15,23,28,31-32H,3-4,7-10H2,1-2H3,(H,26,33). The number of hydrazone groups is 1. The highest BCUT2D eigenvalue weighted by molar-refractivity contribution is 6.15. The number of nitrogens with zero attached hydrogens (tertiary/aromatic N) is 4. The van der Waals surface area contributed by atoms with Gasteiger partial charge in [0.15, 0.2) is 5.84 Å². The van der Waals surface area contributed by atoms with Gasteiger partial charge >= 0.3 is 0 Å². The Hall–Kier alpha value is -3.53. The number of aromatic hydroxyl groups is 2. The summed E-state index contributed by atoms with van der Waals surface area (Å²) in [6, 6.07) is 7.06. The first kappa shape index (κ1) is 22.3. The molecule has 5 rings (SSSR count). The van der Waals surface area contributed by atoms with Gasteiger partial charge in [-0.25, -0.2) is 4.98 Å². The minimum atomic E-state index is -0.790. The van der Waals surface area contributed by atoms with Gasteiger partial charge in [-0.1, -0.05) is 13.8 Å². The van der Waals surface area contributed by atoms with Gasteiger partial charge in [-0.15, -0.1) is 0 Å². The van der Waals surface area contributed by atoms with Crippen LogP contribution in [-0.4, -0.2) is 65.5 Å². The molecule has 180 valence electrons. The molecule has 2 aliphatic heterocycles. The normalized spacial score (nSPS) is 20.3. The minimum absolute atomic E-state index is 0.0221. The van der Waals surface area contributed by atoms with E-state index in [2.05, 4.69) is 25.7 Å². The highest BCUT2D eigenvalue weighted by Crippen LogP contribution is 2.35. The fraction of sp³-hybridized carbons (Fsp3) is 0.458. The van der Waals surface area contributed by atoms with Crippen molar-refractivity contribution < 1.29 is 19.7 Å². The third kappa shape index (κ3) is 4.33. The molecule has 34 heavy (non-hydrogen) atoms. The molecule has 3 heterocycles. The lowest BCUT2D eigenvalue weighted by molar-refractivity contribution is -0.122. The third-order valence-corrected chi connectivity index (χ3v) is 6.30. The number of rotatable bonds is 6. The van der Waals surface area contributed by atoms with Crippen molar-refractivity contribution in [2.45, 2.75) is 44.8 Å². The topological polar surface area (TPSA) is 123 Å². The van der Waals surface area contributed by atoms with E-state index in [1.165, 1.54) is 6.07 Å². The number of carbonyl (C=O) groups excluding carboxylic acids is 1. The van der Waals surface area contributed by atoms with Crippen LogP contribution in [0.2, 0.25) is 0 Å². The summed E-state index contributed by atoms with van der Waals surface area (Å²) in [6.45, 7) is 6.80. The van der Waals surface area contributed by atoms with E-state index in [1.807, 2.05) is 26.0 Å². The van der Waals surface area contributed by atoms with Crippen LogP contribution in [0.15, 0.2) is 35.6 Å². The number of amidine groups is 1. The van der Waals surface area contributed by atoms with Crippen molar-refractivity contribution in [1.29, 1.82) is 0 Å². The average molecular weight is 467 g/mol. The zero-order chi connectivity index (χ0) is 23.8. The van der Waals surface area contributed by atoms with Crippen LogP contribution in [0.25, 0.3) is 0 Å². The maximum absolute atomic E-state index is 13.1. The number of morpholine rings is 1. The molecule has 1 aliphatic carbocycles. The Kier molecular flexibility index (Phi) is 5.91. The molecular weight excluding hydrogens is 436 g/mol. The number of benzene rings is 1. The summed E-state index contributed by atoms with van der Waals surface area (Å²) < 4.78 is 5.42. The van der Waals surface area contributed by atoms with Gasteiger partial charge in [0.05, 0.1) is 30.7 Å². The van der Waals surface area contributed by atoms with Gasteiger partial charge in [0.1, 0.15) is 17.3 Å². The first-order valence-corrected chi connectivity index (χ1v) is 11.7.